The SMILES string of the molecule is C=C(C)C(=O)OC(CCCCCCCC)CC[Si](C)(CCC(CCCCCCCC)OC(=O)C(=C)C)c1ccccc1. The molecule has 0 spiro atoms. The van der Waals surface area contributed by atoms with Gasteiger partial charge in [-0.15, -0.1) is 0 Å². The summed E-state index contributed by atoms with van der Waals surface area (Å²) in [5.41, 5.74) is 0.922. The molecule has 0 amide bonds. The number of unbranched alkanes of at least 4 members (excludes halogenated alkanes) is 10. The Morgan fingerprint density at radius 2 is 1.02 bits per heavy atom. The first-order chi connectivity index (χ1) is 20.1. The van der Waals surface area contributed by atoms with Gasteiger partial charge < -0.3 is 9.47 Å². The van der Waals surface area contributed by atoms with Crippen molar-refractivity contribution in [3.8, 4) is 0 Å². The Morgan fingerprint density at radius 3 is 1.40 bits per heavy atom. The van der Waals surface area contributed by atoms with Crippen LogP contribution in [0.25, 0.3) is 0 Å². The molecule has 1 aromatic rings. The normalized spacial score (nSPS) is 14.0. The van der Waals surface area contributed by atoms with Crippen molar-refractivity contribution in [2.24, 2.45) is 0 Å². The molecule has 2 unspecified atom stereocenters. The van der Waals surface area contributed by atoms with E-state index in [0.29, 0.717) is 11.1 Å². The lowest BCUT2D eigenvalue weighted by Gasteiger charge is -2.32. The first kappa shape index (κ1) is 37.9. The van der Waals surface area contributed by atoms with Crippen molar-refractivity contribution < 1.29 is 19.1 Å². The number of hydrogen-bond acceptors (Lipinski definition) is 4. The number of carbonyl (C=O) groups excluding carboxylic acids is 2. The highest BCUT2D eigenvalue weighted by molar-refractivity contribution is 6.90. The van der Waals surface area contributed by atoms with Gasteiger partial charge >= 0.3 is 11.9 Å². The van der Waals surface area contributed by atoms with Gasteiger partial charge in [0.2, 0.25) is 0 Å². The largest absolute Gasteiger partial charge is 0.459 e. The van der Waals surface area contributed by atoms with E-state index in [1.165, 1.54) is 69.4 Å². The lowest BCUT2D eigenvalue weighted by molar-refractivity contribution is -0.145. The highest BCUT2D eigenvalue weighted by Gasteiger charge is 2.32. The highest BCUT2D eigenvalue weighted by Crippen LogP contribution is 2.27. The Labute approximate surface area is 259 Å². The summed E-state index contributed by atoms with van der Waals surface area (Å²) in [6.07, 6.45) is 18.0. The van der Waals surface area contributed by atoms with Crippen LogP contribution in [0.15, 0.2) is 54.6 Å². The van der Waals surface area contributed by atoms with Crippen LogP contribution in [0.5, 0.6) is 0 Å². The van der Waals surface area contributed by atoms with Crippen molar-refractivity contribution in [3.05, 3.63) is 54.6 Å². The van der Waals surface area contributed by atoms with Gasteiger partial charge in [0.1, 0.15) is 12.2 Å². The maximum absolute atomic E-state index is 12.5. The van der Waals surface area contributed by atoms with Gasteiger partial charge in [-0.1, -0.05) is 133 Å². The molecule has 0 aliphatic carbocycles. The van der Waals surface area contributed by atoms with Gasteiger partial charge in [-0.05, 0) is 64.5 Å². The first-order valence-corrected chi connectivity index (χ1v) is 19.8. The quantitative estimate of drug-likeness (QED) is 0.0486. The molecule has 0 aromatic heterocycles. The van der Waals surface area contributed by atoms with E-state index in [-0.39, 0.29) is 24.1 Å². The zero-order valence-corrected chi connectivity index (χ0v) is 28.8. The monoisotopic (exact) mass is 598 g/mol. The molecule has 0 radical (unpaired) electrons. The molecule has 0 aliphatic rings. The lowest BCUT2D eigenvalue weighted by Crippen LogP contribution is -2.46. The Kier molecular flexibility index (Phi) is 20.2. The van der Waals surface area contributed by atoms with Gasteiger partial charge in [0.25, 0.3) is 0 Å². The van der Waals surface area contributed by atoms with Crippen molar-refractivity contribution in [1.29, 1.82) is 0 Å². The van der Waals surface area contributed by atoms with Gasteiger partial charge in [0.05, 0.1) is 8.07 Å². The Hall–Kier alpha value is -2.14. The summed E-state index contributed by atoms with van der Waals surface area (Å²) in [6, 6.07) is 12.9. The smallest absolute Gasteiger partial charge is 0.333 e. The summed E-state index contributed by atoms with van der Waals surface area (Å²) in [5.74, 6) is -0.556. The summed E-state index contributed by atoms with van der Waals surface area (Å²) in [5, 5.41) is 1.42. The second-order valence-corrected chi connectivity index (χ2v) is 17.4. The van der Waals surface area contributed by atoms with E-state index >= 15 is 0 Å². The molecule has 2 atom stereocenters. The first-order valence-electron chi connectivity index (χ1n) is 16.9. The van der Waals surface area contributed by atoms with E-state index in [1.807, 2.05) is 0 Å². The van der Waals surface area contributed by atoms with Crippen LogP contribution in [-0.4, -0.2) is 32.2 Å². The number of hydrogen-bond donors (Lipinski definition) is 0. The molecule has 1 rings (SSSR count). The van der Waals surface area contributed by atoms with E-state index in [4.69, 9.17) is 9.47 Å². The minimum absolute atomic E-state index is 0.0870. The summed E-state index contributed by atoms with van der Waals surface area (Å²) in [4.78, 5) is 25.0. The van der Waals surface area contributed by atoms with Gasteiger partial charge in [-0.25, -0.2) is 9.59 Å². The molecule has 4 nitrogen and oxygen atoms in total. The van der Waals surface area contributed by atoms with Crippen LogP contribution >= 0.6 is 0 Å². The summed E-state index contributed by atoms with van der Waals surface area (Å²) in [7, 11) is -1.97. The molecule has 238 valence electrons. The van der Waals surface area contributed by atoms with E-state index in [2.05, 4.69) is 63.9 Å². The minimum atomic E-state index is -1.97. The Balaban J connectivity index is 2.97. The van der Waals surface area contributed by atoms with Crippen LogP contribution in [0.1, 0.15) is 130 Å². The fourth-order valence-electron chi connectivity index (χ4n) is 5.55. The fourth-order valence-corrected chi connectivity index (χ4v) is 9.29. The van der Waals surface area contributed by atoms with E-state index in [1.54, 1.807) is 13.8 Å². The maximum Gasteiger partial charge on any atom is 0.333 e. The number of carbonyl (C=O) groups is 2. The van der Waals surface area contributed by atoms with E-state index in [0.717, 1.165) is 50.6 Å². The standard InChI is InChI=1S/C37H62O4Si/c1-8-10-12-14-16-19-23-33(40-36(38)31(3)4)27-29-42(7,35-25-21-18-22-26-35)30-28-34(41-37(39)32(5)6)24-20-17-15-13-11-9-2/h18,21-22,25-26,33-34H,3,5,8-17,19-20,23-24,27-30H2,1-2,4,6-7H3. The van der Waals surface area contributed by atoms with Crippen LogP contribution in [0.2, 0.25) is 18.6 Å². The Bertz CT molecular complexity index is 858. The molecule has 0 N–H and O–H groups in total. The molecule has 42 heavy (non-hydrogen) atoms. The van der Waals surface area contributed by atoms with E-state index in [9.17, 15) is 9.59 Å². The number of esters is 2. The third-order valence-corrected chi connectivity index (χ3v) is 13.0. The predicted molar refractivity (Wildman–Crippen MR) is 182 cm³/mol. The van der Waals surface area contributed by atoms with Crippen molar-refractivity contribution in [3.63, 3.8) is 0 Å². The average Bonchev–Trinajstić information content (AvgIpc) is 2.98. The molecular formula is C37H62O4Si. The number of benzene rings is 1. The molecule has 1 aromatic carbocycles. The summed E-state index contributed by atoms with van der Waals surface area (Å²) in [6.45, 7) is 18.0. The average molecular weight is 599 g/mol. The molecule has 5 heteroatoms. The van der Waals surface area contributed by atoms with Crippen LogP contribution in [0, 0.1) is 0 Å². The molecule has 0 fully saturated rings. The second kappa shape index (κ2) is 22.4. The summed E-state index contributed by atoms with van der Waals surface area (Å²) < 4.78 is 11.9. The third kappa shape index (κ3) is 16.5. The molecule has 0 saturated carbocycles. The lowest BCUT2D eigenvalue weighted by atomic mass is 10.1. The van der Waals surface area contributed by atoms with E-state index < -0.39 is 8.07 Å². The Morgan fingerprint density at radius 1 is 0.643 bits per heavy atom. The van der Waals surface area contributed by atoms with Crippen molar-refractivity contribution in [2.45, 2.75) is 161 Å². The molecule has 0 aliphatic heterocycles. The van der Waals surface area contributed by atoms with Gasteiger partial charge in [0, 0.05) is 11.1 Å². The van der Waals surface area contributed by atoms with Crippen LogP contribution in [-0.2, 0) is 19.1 Å². The zero-order chi connectivity index (χ0) is 31.2. The third-order valence-electron chi connectivity index (χ3n) is 8.51. The van der Waals surface area contributed by atoms with Crippen molar-refractivity contribution in [1.82, 2.24) is 0 Å². The van der Waals surface area contributed by atoms with Crippen molar-refractivity contribution >= 4 is 25.2 Å². The highest BCUT2D eigenvalue weighted by atomic mass is 28.3. The molecular weight excluding hydrogens is 536 g/mol. The van der Waals surface area contributed by atoms with Crippen molar-refractivity contribution in [2.75, 3.05) is 0 Å². The predicted octanol–water partition coefficient (Wildman–Crippen LogP) is 10.2. The van der Waals surface area contributed by atoms with Crippen LogP contribution < -0.4 is 5.19 Å². The number of rotatable bonds is 25. The van der Waals surface area contributed by atoms with Crippen LogP contribution in [0.3, 0.4) is 0 Å². The van der Waals surface area contributed by atoms with Crippen LogP contribution in [0.4, 0.5) is 0 Å². The number of ether oxygens (including phenoxy) is 2. The van der Waals surface area contributed by atoms with Gasteiger partial charge in [-0.2, -0.15) is 0 Å². The molecule has 0 bridgehead atoms. The molecule has 0 heterocycles. The zero-order valence-electron chi connectivity index (χ0n) is 27.8. The minimum Gasteiger partial charge on any atom is -0.459 e. The second-order valence-electron chi connectivity index (χ2n) is 12.7. The van der Waals surface area contributed by atoms with Gasteiger partial charge in [0.15, 0.2) is 0 Å². The molecule has 0 saturated heterocycles. The van der Waals surface area contributed by atoms with Gasteiger partial charge in [-0.3, -0.25) is 0 Å². The maximum atomic E-state index is 12.5. The summed E-state index contributed by atoms with van der Waals surface area (Å²) >= 11 is 0. The topological polar surface area (TPSA) is 52.6 Å². The fraction of sp³-hybridized carbons (Fsp3) is 0.676.